The molecule has 0 saturated carbocycles. The molecule has 0 spiro atoms. The molecule has 3 rings (SSSR count). The molecule has 0 aliphatic heterocycles. The van der Waals surface area contributed by atoms with Crippen LogP contribution in [-0.2, 0) is 14.2 Å². The molecule has 2 N–H and O–H groups in total. The highest BCUT2D eigenvalue weighted by Gasteiger charge is 2.51. The molecule has 1 aliphatic rings. The highest BCUT2D eigenvalue weighted by molar-refractivity contribution is 5.90. The molecular weight excluding hydrogens is 388 g/mol. The van der Waals surface area contributed by atoms with Gasteiger partial charge in [0.2, 0.25) is 0 Å². The van der Waals surface area contributed by atoms with Gasteiger partial charge in [-0.05, 0) is 37.3 Å². The Hall–Kier alpha value is -3.00. The van der Waals surface area contributed by atoms with Gasteiger partial charge in [-0.1, -0.05) is 42.5 Å². The van der Waals surface area contributed by atoms with Crippen molar-refractivity contribution in [2.24, 2.45) is 0 Å². The van der Waals surface area contributed by atoms with E-state index < -0.39 is 42.5 Å². The first kappa shape index (κ1) is 21.7. The molecule has 2 aromatic carbocycles. The molecule has 0 fully saturated rings. The van der Waals surface area contributed by atoms with Gasteiger partial charge in [-0.25, -0.2) is 9.59 Å². The smallest absolute Gasteiger partial charge is 0.338 e. The monoisotopic (exact) mass is 412 g/mol. The number of ether oxygens (including phenoxy) is 3. The van der Waals surface area contributed by atoms with Crippen LogP contribution in [0, 0.1) is 0 Å². The molecule has 0 amide bonds. The first-order chi connectivity index (χ1) is 14.5. The van der Waals surface area contributed by atoms with Crippen LogP contribution in [-0.4, -0.2) is 59.3 Å². The summed E-state index contributed by atoms with van der Waals surface area (Å²) in [4.78, 5) is 24.6. The van der Waals surface area contributed by atoms with Crippen LogP contribution in [0.25, 0.3) is 0 Å². The summed E-state index contributed by atoms with van der Waals surface area (Å²) in [6.07, 6.45) is -0.715. The fourth-order valence-electron chi connectivity index (χ4n) is 3.19. The fourth-order valence-corrected chi connectivity index (χ4v) is 3.19. The highest BCUT2D eigenvalue weighted by Crippen LogP contribution is 2.30. The Kier molecular flexibility index (Phi) is 6.99. The maximum atomic E-state index is 12.4. The zero-order valence-electron chi connectivity index (χ0n) is 16.5. The Morgan fingerprint density at radius 3 is 2.07 bits per heavy atom. The van der Waals surface area contributed by atoms with E-state index in [4.69, 9.17) is 14.2 Å². The average Bonchev–Trinajstić information content (AvgIpc) is 2.78. The minimum absolute atomic E-state index is 0.255. The lowest BCUT2D eigenvalue weighted by Gasteiger charge is -2.42. The van der Waals surface area contributed by atoms with Gasteiger partial charge in [0.1, 0.15) is 24.9 Å². The Morgan fingerprint density at radius 1 is 0.933 bits per heavy atom. The molecule has 0 saturated heterocycles. The molecule has 0 heterocycles. The van der Waals surface area contributed by atoms with Crippen molar-refractivity contribution in [1.82, 2.24) is 0 Å². The number of aliphatic hydroxyl groups excluding tert-OH is 1. The Morgan fingerprint density at radius 2 is 1.50 bits per heavy atom. The molecule has 2 aromatic rings. The van der Waals surface area contributed by atoms with Crippen LogP contribution >= 0.6 is 0 Å². The summed E-state index contributed by atoms with van der Waals surface area (Å²) >= 11 is 0. The Bertz CT molecular complexity index is 881. The van der Waals surface area contributed by atoms with Crippen LogP contribution in [0.15, 0.2) is 72.8 Å². The number of carbonyl (C=O) groups excluding carboxylic acids is 2. The van der Waals surface area contributed by atoms with Crippen LogP contribution < -0.4 is 0 Å². The molecule has 4 atom stereocenters. The number of rotatable bonds is 7. The average molecular weight is 412 g/mol. The maximum Gasteiger partial charge on any atom is 0.338 e. The number of aliphatic hydroxyl groups is 2. The number of hydrogen-bond donors (Lipinski definition) is 2. The Labute approximate surface area is 174 Å². The fraction of sp³-hybridized carbons (Fsp3) is 0.304. The van der Waals surface area contributed by atoms with E-state index in [0.29, 0.717) is 11.1 Å². The second-order valence-electron chi connectivity index (χ2n) is 6.88. The number of hydrogen-bond acceptors (Lipinski definition) is 7. The first-order valence-electron chi connectivity index (χ1n) is 9.64. The summed E-state index contributed by atoms with van der Waals surface area (Å²) in [6.45, 7) is 1.44. The van der Waals surface area contributed by atoms with Crippen molar-refractivity contribution in [3.63, 3.8) is 0 Å². The summed E-state index contributed by atoms with van der Waals surface area (Å²) in [7, 11) is 0. The van der Waals surface area contributed by atoms with Crippen molar-refractivity contribution in [1.29, 1.82) is 0 Å². The van der Waals surface area contributed by atoms with E-state index in [1.807, 2.05) is 0 Å². The normalized spacial score (nSPS) is 25.5. The van der Waals surface area contributed by atoms with E-state index >= 15 is 0 Å². The predicted molar refractivity (Wildman–Crippen MR) is 108 cm³/mol. The molecule has 0 radical (unpaired) electrons. The van der Waals surface area contributed by atoms with Crippen molar-refractivity contribution < 1.29 is 34.0 Å². The van der Waals surface area contributed by atoms with Crippen LogP contribution in [0.2, 0.25) is 0 Å². The lowest BCUT2D eigenvalue weighted by Crippen LogP contribution is -2.62. The molecule has 7 nitrogen and oxygen atoms in total. The SMILES string of the molecule is CCOC1C=CC(OC(=O)c2ccccc2)C(O)C1(O)COC(=O)c1ccccc1. The third-order valence-corrected chi connectivity index (χ3v) is 4.83. The van der Waals surface area contributed by atoms with Crippen LogP contribution in [0.1, 0.15) is 27.6 Å². The van der Waals surface area contributed by atoms with E-state index in [-0.39, 0.29) is 6.61 Å². The van der Waals surface area contributed by atoms with Crippen molar-refractivity contribution in [3.8, 4) is 0 Å². The summed E-state index contributed by atoms with van der Waals surface area (Å²) in [5, 5.41) is 22.0. The highest BCUT2D eigenvalue weighted by atomic mass is 16.6. The van der Waals surface area contributed by atoms with E-state index in [1.54, 1.807) is 67.6 Å². The molecule has 0 bridgehead atoms. The quantitative estimate of drug-likeness (QED) is 0.531. The lowest BCUT2D eigenvalue weighted by atomic mass is 9.82. The summed E-state index contributed by atoms with van der Waals surface area (Å²) in [6, 6.07) is 16.6. The van der Waals surface area contributed by atoms with Gasteiger partial charge in [-0.15, -0.1) is 0 Å². The van der Waals surface area contributed by atoms with E-state index in [2.05, 4.69) is 0 Å². The zero-order valence-corrected chi connectivity index (χ0v) is 16.5. The van der Waals surface area contributed by atoms with Crippen molar-refractivity contribution in [3.05, 3.63) is 83.9 Å². The minimum Gasteiger partial charge on any atom is -0.459 e. The van der Waals surface area contributed by atoms with E-state index in [9.17, 15) is 19.8 Å². The number of esters is 2. The van der Waals surface area contributed by atoms with Gasteiger partial charge in [0, 0.05) is 6.61 Å². The van der Waals surface area contributed by atoms with Gasteiger partial charge >= 0.3 is 11.9 Å². The molecular formula is C23H24O7. The van der Waals surface area contributed by atoms with Crippen LogP contribution in [0.3, 0.4) is 0 Å². The van der Waals surface area contributed by atoms with Crippen molar-refractivity contribution in [2.45, 2.75) is 30.8 Å². The van der Waals surface area contributed by atoms with Gasteiger partial charge in [-0.2, -0.15) is 0 Å². The molecule has 158 valence electrons. The molecule has 30 heavy (non-hydrogen) atoms. The molecule has 4 unspecified atom stereocenters. The molecule has 7 heteroatoms. The summed E-state index contributed by atoms with van der Waals surface area (Å²) < 4.78 is 16.1. The number of carbonyl (C=O) groups is 2. The van der Waals surface area contributed by atoms with E-state index in [0.717, 1.165) is 0 Å². The van der Waals surface area contributed by atoms with Crippen LogP contribution in [0.4, 0.5) is 0 Å². The van der Waals surface area contributed by atoms with Crippen molar-refractivity contribution in [2.75, 3.05) is 13.2 Å². The third kappa shape index (κ3) is 4.76. The van der Waals surface area contributed by atoms with Gasteiger partial charge in [0.15, 0.2) is 5.60 Å². The zero-order chi connectivity index (χ0) is 21.6. The van der Waals surface area contributed by atoms with Crippen molar-refractivity contribution >= 4 is 11.9 Å². The van der Waals surface area contributed by atoms with Crippen LogP contribution in [0.5, 0.6) is 0 Å². The standard InChI is InChI=1S/C23H24O7/c1-2-28-19-14-13-18(30-22(26)17-11-7-4-8-12-17)20(24)23(19,27)15-29-21(25)16-9-5-3-6-10-16/h3-14,18-20,24,27H,2,15H2,1H3. The Balaban J connectivity index is 1.75. The largest absolute Gasteiger partial charge is 0.459 e. The van der Waals surface area contributed by atoms with Gasteiger partial charge < -0.3 is 24.4 Å². The van der Waals surface area contributed by atoms with E-state index in [1.165, 1.54) is 12.2 Å². The second-order valence-corrected chi connectivity index (χ2v) is 6.88. The van der Waals surface area contributed by atoms with Gasteiger partial charge in [0.05, 0.1) is 11.1 Å². The number of benzene rings is 2. The van der Waals surface area contributed by atoms with Gasteiger partial charge in [0.25, 0.3) is 0 Å². The summed E-state index contributed by atoms with van der Waals surface area (Å²) in [5.41, 5.74) is -1.39. The summed E-state index contributed by atoms with van der Waals surface area (Å²) in [5.74, 6) is -1.30. The molecule has 0 aromatic heterocycles. The third-order valence-electron chi connectivity index (χ3n) is 4.83. The second kappa shape index (κ2) is 9.67. The minimum atomic E-state index is -2.00. The van der Waals surface area contributed by atoms with Gasteiger partial charge in [-0.3, -0.25) is 0 Å². The molecule has 1 aliphatic carbocycles. The first-order valence-corrected chi connectivity index (χ1v) is 9.64. The predicted octanol–water partition coefficient (Wildman–Crippen LogP) is 2.14. The topological polar surface area (TPSA) is 102 Å². The lowest BCUT2D eigenvalue weighted by molar-refractivity contribution is -0.194. The maximum absolute atomic E-state index is 12.4.